The molecule has 23 heavy (non-hydrogen) atoms. The van der Waals surface area contributed by atoms with Crippen LogP contribution in [0.25, 0.3) is 0 Å². The molecule has 0 saturated heterocycles. The lowest BCUT2D eigenvalue weighted by Gasteiger charge is -2.28. The summed E-state index contributed by atoms with van der Waals surface area (Å²) >= 11 is 9.10. The molecule has 0 aliphatic carbocycles. The third-order valence-corrected chi connectivity index (χ3v) is 2.68. The van der Waals surface area contributed by atoms with E-state index < -0.39 is 23.4 Å². The van der Waals surface area contributed by atoms with Gasteiger partial charge in [0.2, 0.25) is 0 Å². The number of halogens is 2. The molecule has 2 amide bonds. The van der Waals surface area contributed by atoms with Crippen molar-refractivity contribution >= 4 is 45.5 Å². The van der Waals surface area contributed by atoms with Crippen LogP contribution in [0.4, 0.5) is 15.4 Å². The van der Waals surface area contributed by atoms with Crippen molar-refractivity contribution < 1.29 is 19.1 Å². The van der Waals surface area contributed by atoms with Crippen molar-refractivity contribution in [1.82, 2.24) is 9.97 Å². The van der Waals surface area contributed by atoms with Crippen LogP contribution < -0.4 is 4.90 Å². The second-order valence-electron chi connectivity index (χ2n) is 6.60. The first-order chi connectivity index (χ1) is 10.3. The molecule has 128 valence electrons. The Balaban J connectivity index is 3.25. The summed E-state index contributed by atoms with van der Waals surface area (Å²) < 4.78 is 10.8. The second kappa shape index (κ2) is 7.00. The lowest BCUT2D eigenvalue weighted by molar-refractivity contribution is 0.0429. The summed E-state index contributed by atoms with van der Waals surface area (Å²) in [6, 6.07) is 0. The molecule has 1 rings (SSSR count). The van der Waals surface area contributed by atoms with Gasteiger partial charge in [0, 0.05) is 0 Å². The van der Waals surface area contributed by atoms with E-state index >= 15 is 0 Å². The summed E-state index contributed by atoms with van der Waals surface area (Å²) in [5.74, 6) is -0.168. The normalized spacial score (nSPS) is 11.8. The first-order valence-electron chi connectivity index (χ1n) is 6.74. The van der Waals surface area contributed by atoms with E-state index in [1.165, 1.54) is 6.20 Å². The van der Waals surface area contributed by atoms with Crippen LogP contribution in [0.1, 0.15) is 41.5 Å². The number of amides is 2. The number of hydrogen-bond acceptors (Lipinski definition) is 6. The van der Waals surface area contributed by atoms with Gasteiger partial charge in [-0.2, -0.15) is 4.90 Å². The van der Waals surface area contributed by atoms with E-state index in [2.05, 4.69) is 25.9 Å². The molecule has 0 bridgehead atoms. The van der Waals surface area contributed by atoms with Crippen LogP contribution in [0.2, 0.25) is 5.15 Å². The number of anilines is 1. The molecule has 0 N–H and O–H groups in total. The fraction of sp³-hybridized carbons (Fsp3) is 0.571. The fourth-order valence-electron chi connectivity index (χ4n) is 1.35. The van der Waals surface area contributed by atoms with E-state index in [1.54, 1.807) is 41.5 Å². The van der Waals surface area contributed by atoms with E-state index in [9.17, 15) is 9.59 Å². The van der Waals surface area contributed by atoms with Gasteiger partial charge in [-0.3, -0.25) is 0 Å². The Hall–Kier alpha value is -1.41. The summed E-state index contributed by atoms with van der Waals surface area (Å²) in [5.41, 5.74) is -1.63. The first kappa shape index (κ1) is 19.6. The molecule has 0 radical (unpaired) electrons. The Morgan fingerprint density at radius 3 is 1.87 bits per heavy atom. The monoisotopic (exact) mass is 407 g/mol. The van der Waals surface area contributed by atoms with Gasteiger partial charge in [0.25, 0.3) is 0 Å². The Labute approximate surface area is 148 Å². The number of aromatic nitrogens is 2. The summed E-state index contributed by atoms with van der Waals surface area (Å²) in [6.45, 7) is 10.0. The Kier molecular flexibility index (Phi) is 5.98. The lowest BCUT2D eigenvalue weighted by atomic mass is 10.2. The van der Waals surface area contributed by atoms with Crippen molar-refractivity contribution in [2.75, 3.05) is 4.90 Å². The van der Waals surface area contributed by atoms with Gasteiger partial charge in [-0.25, -0.2) is 19.6 Å². The SMILES string of the molecule is CC(C)(C)OC(=O)N(C(=O)OC(C)(C)C)c1ncc(Br)nc1Cl. The van der Waals surface area contributed by atoms with E-state index in [0.29, 0.717) is 9.50 Å². The standard InChI is InChI=1S/C14H19BrClN3O4/c1-13(2,3)22-11(20)19(12(21)23-14(4,5)6)10-9(16)18-8(15)7-17-10/h7H,1-6H3. The number of carbonyl (C=O) groups excluding carboxylic acids is 2. The third kappa shape index (κ3) is 6.31. The molecule has 0 aromatic carbocycles. The Morgan fingerprint density at radius 1 is 1.09 bits per heavy atom. The minimum absolute atomic E-state index is 0.143. The van der Waals surface area contributed by atoms with Crippen molar-refractivity contribution in [3.63, 3.8) is 0 Å². The van der Waals surface area contributed by atoms with Gasteiger partial charge in [0.1, 0.15) is 15.8 Å². The maximum absolute atomic E-state index is 12.4. The van der Waals surface area contributed by atoms with Crippen molar-refractivity contribution in [3.05, 3.63) is 16.0 Å². The molecule has 0 spiro atoms. The Bertz CT molecular complexity index is 583. The molecule has 9 heteroatoms. The van der Waals surface area contributed by atoms with Crippen molar-refractivity contribution in [2.24, 2.45) is 0 Å². The smallest absolute Gasteiger partial charge is 0.425 e. The summed E-state index contributed by atoms with van der Waals surface area (Å²) in [7, 11) is 0. The topological polar surface area (TPSA) is 81.6 Å². The predicted molar refractivity (Wildman–Crippen MR) is 89.7 cm³/mol. The maximum Gasteiger partial charge on any atom is 0.425 e. The third-order valence-electron chi connectivity index (χ3n) is 2.05. The molecule has 0 saturated carbocycles. The van der Waals surface area contributed by atoms with Crippen LogP contribution in [0, 0.1) is 0 Å². The van der Waals surface area contributed by atoms with E-state index in [1.807, 2.05) is 0 Å². The zero-order chi connectivity index (χ0) is 18.0. The minimum atomic E-state index is -0.953. The van der Waals surface area contributed by atoms with E-state index in [0.717, 1.165) is 0 Å². The zero-order valence-electron chi connectivity index (χ0n) is 13.8. The Morgan fingerprint density at radius 2 is 1.52 bits per heavy atom. The fourth-order valence-corrected chi connectivity index (χ4v) is 1.96. The highest BCUT2D eigenvalue weighted by Gasteiger charge is 2.35. The molecule has 0 atom stereocenters. The highest BCUT2D eigenvalue weighted by atomic mass is 79.9. The zero-order valence-corrected chi connectivity index (χ0v) is 16.1. The molecule has 1 heterocycles. The number of carbonyl (C=O) groups is 2. The van der Waals surface area contributed by atoms with Gasteiger partial charge < -0.3 is 9.47 Å². The summed E-state index contributed by atoms with van der Waals surface area (Å²) in [5, 5.41) is -0.143. The lowest BCUT2D eigenvalue weighted by Crippen LogP contribution is -2.44. The molecule has 0 aliphatic heterocycles. The molecule has 7 nitrogen and oxygen atoms in total. The number of rotatable bonds is 1. The number of imide groups is 1. The summed E-state index contributed by atoms with van der Waals surface area (Å²) in [6.07, 6.45) is -0.598. The number of nitrogens with zero attached hydrogens (tertiary/aromatic N) is 3. The highest BCUT2D eigenvalue weighted by molar-refractivity contribution is 9.10. The molecular weight excluding hydrogens is 390 g/mol. The number of hydrogen-bond donors (Lipinski definition) is 0. The van der Waals surface area contributed by atoms with E-state index in [-0.39, 0.29) is 11.0 Å². The van der Waals surface area contributed by atoms with E-state index in [4.69, 9.17) is 21.1 Å². The van der Waals surface area contributed by atoms with Crippen LogP contribution in [0.15, 0.2) is 10.8 Å². The predicted octanol–water partition coefficient (Wildman–Crippen LogP) is 4.57. The summed E-state index contributed by atoms with van der Waals surface area (Å²) in [4.78, 5) is 33.3. The van der Waals surface area contributed by atoms with Gasteiger partial charge in [0.05, 0.1) is 6.20 Å². The van der Waals surface area contributed by atoms with Crippen LogP contribution in [0.3, 0.4) is 0 Å². The maximum atomic E-state index is 12.4. The van der Waals surface area contributed by atoms with Crippen molar-refractivity contribution in [2.45, 2.75) is 52.7 Å². The molecule has 0 unspecified atom stereocenters. The minimum Gasteiger partial charge on any atom is -0.443 e. The van der Waals surface area contributed by atoms with Crippen LogP contribution in [0.5, 0.6) is 0 Å². The van der Waals surface area contributed by atoms with Crippen molar-refractivity contribution in [3.8, 4) is 0 Å². The second-order valence-corrected chi connectivity index (χ2v) is 7.77. The van der Waals surface area contributed by atoms with Gasteiger partial charge >= 0.3 is 12.2 Å². The van der Waals surface area contributed by atoms with Gasteiger partial charge in [-0.05, 0) is 57.5 Å². The quantitative estimate of drug-likeness (QED) is 0.677. The van der Waals surface area contributed by atoms with Gasteiger partial charge in [-0.1, -0.05) is 11.6 Å². The van der Waals surface area contributed by atoms with Gasteiger partial charge in [0.15, 0.2) is 11.0 Å². The molecule has 1 aromatic rings. The first-order valence-corrected chi connectivity index (χ1v) is 7.91. The van der Waals surface area contributed by atoms with Crippen molar-refractivity contribution in [1.29, 1.82) is 0 Å². The van der Waals surface area contributed by atoms with Crippen LogP contribution in [-0.2, 0) is 9.47 Å². The van der Waals surface area contributed by atoms with Crippen LogP contribution in [-0.4, -0.2) is 33.4 Å². The largest absolute Gasteiger partial charge is 0.443 e. The average Bonchev–Trinajstić information content (AvgIpc) is 2.27. The van der Waals surface area contributed by atoms with Gasteiger partial charge in [-0.15, -0.1) is 0 Å². The molecule has 0 aliphatic rings. The van der Waals surface area contributed by atoms with Crippen LogP contribution >= 0.6 is 27.5 Å². The molecule has 0 fully saturated rings. The highest BCUT2D eigenvalue weighted by Crippen LogP contribution is 2.26. The molecular formula is C14H19BrClN3O4. The average molecular weight is 409 g/mol. The molecule has 1 aromatic heterocycles. The number of ether oxygens (including phenoxy) is 2.